The highest BCUT2D eigenvalue weighted by Crippen LogP contribution is 2.29. The summed E-state index contributed by atoms with van der Waals surface area (Å²) in [6.45, 7) is 3.12. The van der Waals surface area contributed by atoms with Crippen LogP contribution in [-0.2, 0) is 12.1 Å². The average molecular weight is 463 g/mol. The van der Waals surface area contributed by atoms with Crippen LogP contribution in [-0.4, -0.2) is 41.4 Å². The standard InChI is InChI=1S/C22H19FN8OS/c1-22(32,20-24-9-12-33-20)7-5-16-13-19-30(10-2-11-31(19)29-16)18-6-8-25-21(28-18)27-17-4-3-15(23)14-26-17/h3-4,6,8-9,12-14,32H,2,10-11H2,1H3,(H,25,26,27,28). The summed E-state index contributed by atoms with van der Waals surface area (Å²) >= 11 is 1.35. The zero-order valence-electron chi connectivity index (χ0n) is 17.6. The molecule has 1 aliphatic heterocycles. The Hall–Kier alpha value is -3.88. The van der Waals surface area contributed by atoms with Crippen molar-refractivity contribution in [3.8, 4) is 11.8 Å². The number of pyridine rings is 1. The van der Waals surface area contributed by atoms with Gasteiger partial charge in [0.05, 0.1) is 6.20 Å². The highest BCUT2D eigenvalue weighted by Gasteiger charge is 2.24. The number of halogens is 1. The number of hydrogen-bond acceptors (Lipinski definition) is 9. The number of aryl methyl sites for hydroxylation is 1. The van der Waals surface area contributed by atoms with Crippen molar-refractivity contribution < 1.29 is 9.50 Å². The SMILES string of the molecule is CC(O)(C#Cc1cc2n(n1)CCCN2c1ccnc(Nc2ccc(F)cn2)n1)c1nccs1. The molecule has 5 heterocycles. The molecule has 5 rings (SSSR count). The van der Waals surface area contributed by atoms with Gasteiger partial charge in [-0.1, -0.05) is 5.92 Å². The zero-order valence-corrected chi connectivity index (χ0v) is 18.4. The van der Waals surface area contributed by atoms with Crippen LogP contribution in [0.4, 0.5) is 27.8 Å². The van der Waals surface area contributed by atoms with Crippen LogP contribution < -0.4 is 10.2 Å². The number of aromatic nitrogens is 6. The molecule has 1 aliphatic rings. The molecule has 4 aromatic heterocycles. The van der Waals surface area contributed by atoms with Crippen molar-refractivity contribution in [3.63, 3.8) is 0 Å². The normalized spacial score (nSPS) is 14.7. The van der Waals surface area contributed by atoms with E-state index in [-0.39, 0.29) is 0 Å². The third-order valence-corrected chi connectivity index (χ3v) is 5.94. The first-order valence-corrected chi connectivity index (χ1v) is 11.1. The second-order valence-corrected chi connectivity index (χ2v) is 8.40. The topological polar surface area (TPSA) is 105 Å². The Kier molecular flexibility index (Phi) is 5.45. The van der Waals surface area contributed by atoms with Crippen LogP contribution in [0.25, 0.3) is 0 Å². The minimum atomic E-state index is -1.35. The van der Waals surface area contributed by atoms with Gasteiger partial charge in [-0.05, 0) is 37.5 Å². The molecule has 0 saturated heterocycles. The summed E-state index contributed by atoms with van der Waals surface area (Å²) in [6, 6.07) is 6.52. The number of aliphatic hydroxyl groups is 1. The van der Waals surface area contributed by atoms with E-state index in [0.29, 0.717) is 28.3 Å². The predicted octanol–water partition coefficient (Wildman–Crippen LogP) is 3.21. The van der Waals surface area contributed by atoms with Gasteiger partial charge in [0, 0.05) is 36.9 Å². The molecule has 0 fully saturated rings. The Morgan fingerprint density at radius 2 is 2.09 bits per heavy atom. The van der Waals surface area contributed by atoms with Gasteiger partial charge in [-0.3, -0.25) is 0 Å². The Balaban J connectivity index is 1.40. The van der Waals surface area contributed by atoms with Crippen LogP contribution in [0.1, 0.15) is 24.0 Å². The lowest BCUT2D eigenvalue weighted by Crippen LogP contribution is -2.28. The summed E-state index contributed by atoms with van der Waals surface area (Å²) in [5, 5.41) is 20.5. The third kappa shape index (κ3) is 4.52. The highest BCUT2D eigenvalue weighted by molar-refractivity contribution is 7.09. The molecule has 0 bridgehead atoms. The first kappa shape index (κ1) is 21.0. The van der Waals surface area contributed by atoms with E-state index in [1.54, 1.807) is 24.7 Å². The number of nitrogens with zero attached hydrogens (tertiary/aromatic N) is 7. The number of nitrogens with one attached hydrogen (secondary N) is 1. The summed E-state index contributed by atoms with van der Waals surface area (Å²) in [5.74, 6) is 7.77. The summed E-state index contributed by atoms with van der Waals surface area (Å²) < 4.78 is 15.0. The van der Waals surface area contributed by atoms with E-state index < -0.39 is 11.4 Å². The van der Waals surface area contributed by atoms with Crippen molar-refractivity contribution in [1.29, 1.82) is 0 Å². The number of anilines is 4. The monoisotopic (exact) mass is 462 g/mol. The van der Waals surface area contributed by atoms with E-state index in [4.69, 9.17) is 0 Å². The number of hydrogen-bond donors (Lipinski definition) is 2. The quantitative estimate of drug-likeness (QED) is 0.446. The van der Waals surface area contributed by atoms with Crippen molar-refractivity contribution in [2.24, 2.45) is 0 Å². The lowest BCUT2D eigenvalue weighted by atomic mass is 10.1. The summed E-state index contributed by atoms with van der Waals surface area (Å²) in [6.07, 6.45) is 5.30. The first-order chi connectivity index (χ1) is 16.0. The molecular weight excluding hydrogens is 443 g/mol. The molecule has 4 aromatic rings. The van der Waals surface area contributed by atoms with Gasteiger partial charge in [0.25, 0.3) is 0 Å². The minimum Gasteiger partial charge on any atom is -0.371 e. The molecule has 0 aromatic carbocycles. The third-order valence-electron chi connectivity index (χ3n) is 4.95. The van der Waals surface area contributed by atoms with Crippen molar-refractivity contribution in [3.05, 3.63) is 64.8 Å². The van der Waals surface area contributed by atoms with Crippen LogP contribution in [0.3, 0.4) is 0 Å². The molecule has 1 atom stereocenters. The molecule has 33 heavy (non-hydrogen) atoms. The number of rotatable bonds is 4. The molecule has 9 nitrogen and oxygen atoms in total. The second-order valence-electron chi connectivity index (χ2n) is 7.50. The van der Waals surface area contributed by atoms with E-state index >= 15 is 0 Å². The maximum Gasteiger partial charge on any atom is 0.230 e. The van der Waals surface area contributed by atoms with Gasteiger partial charge < -0.3 is 15.3 Å². The van der Waals surface area contributed by atoms with Gasteiger partial charge in [0.1, 0.15) is 34.0 Å². The predicted molar refractivity (Wildman–Crippen MR) is 122 cm³/mol. The molecule has 166 valence electrons. The first-order valence-electron chi connectivity index (χ1n) is 10.2. The Labute approximate surface area is 193 Å². The van der Waals surface area contributed by atoms with Crippen LogP contribution in [0.2, 0.25) is 0 Å². The number of thiazole rings is 1. The van der Waals surface area contributed by atoms with Gasteiger partial charge in [0.15, 0.2) is 5.60 Å². The van der Waals surface area contributed by atoms with E-state index in [0.717, 1.165) is 31.5 Å². The summed E-state index contributed by atoms with van der Waals surface area (Å²) in [4.78, 5) is 19.0. The van der Waals surface area contributed by atoms with Gasteiger partial charge in [-0.25, -0.2) is 24.0 Å². The Morgan fingerprint density at radius 1 is 1.18 bits per heavy atom. The molecule has 11 heteroatoms. The van der Waals surface area contributed by atoms with Gasteiger partial charge >= 0.3 is 0 Å². The van der Waals surface area contributed by atoms with Crippen LogP contribution in [0, 0.1) is 17.7 Å². The fraction of sp³-hybridized carbons (Fsp3) is 0.227. The molecule has 0 amide bonds. The van der Waals surface area contributed by atoms with E-state index in [1.165, 1.54) is 23.5 Å². The molecule has 0 aliphatic carbocycles. The maximum absolute atomic E-state index is 13.1. The Bertz CT molecular complexity index is 1320. The summed E-state index contributed by atoms with van der Waals surface area (Å²) in [5.41, 5.74) is -0.795. The van der Waals surface area contributed by atoms with Crippen LogP contribution >= 0.6 is 11.3 Å². The van der Waals surface area contributed by atoms with Crippen molar-refractivity contribution >= 4 is 34.7 Å². The Morgan fingerprint density at radius 3 is 2.88 bits per heavy atom. The summed E-state index contributed by atoms with van der Waals surface area (Å²) in [7, 11) is 0. The zero-order chi connectivity index (χ0) is 22.8. The molecule has 0 spiro atoms. The lowest BCUT2D eigenvalue weighted by molar-refractivity contribution is 0.122. The van der Waals surface area contributed by atoms with Gasteiger partial charge in [-0.2, -0.15) is 10.1 Å². The minimum absolute atomic E-state index is 0.350. The van der Waals surface area contributed by atoms with E-state index in [1.807, 2.05) is 21.7 Å². The van der Waals surface area contributed by atoms with Crippen molar-refractivity contribution in [2.45, 2.75) is 25.5 Å². The fourth-order valence-electron chi connectivity index (χ4n) is 3.40. The lowest BCUT2D eigenvalue weighted by Gasteiger charge is -2.28. The van der Waals surface area contributed by atoms with Crippen LogP contribution in [0.15, 0.2) is 48.2 Å². The number of fused-ring (bicyclic) bond motifs is 1. The van der Waals surface area contributed by atoms with E-state index in [2.05, 4.69) is 42.2 Å². The van der Waals surface area contributed by atoms with Gasteiger partial charge in [-0.15, -0.1) is 11.3 Å². The largest absolute Gasteiger partial charge is 0.371 e. The molecule has 0 radical (unpaired) electrons. The maximum atomic E-state index is 13.1. The molecule has 1 unspecified atom stereocenters. The second kappa shape index (κ2) is 8.57. The van der Waals surface area contributed by atoms with Crippen molar-refractivity contribution in [1.82, 2.24) is 29.7 Å². The molecular formula is C22H19FN8OS. The fourth-order valence-corrected chi connectivity index (χ4v) is 4.05. The molecule has 0 saturated carbocycles. The van der Waals surface area contributed by atoms with Crippen LogP contribution in [0.5, 0.6) is 0 Å². The highest BCUT2D eigenvalue weighted by atomic mass is 32.1. The molecule has 2 N–H and O–H groups in total. The average Bonchev–Trinajstić information content (AvgIpc) is 3.50. The van der Waals surface area contributed by atoms with Crippen molar-refractivity contribution in [2.75, 3.05) is 16.8 Å². The van der Waals surface area contributed by atoms with Gasteiger partial charge in [0.2, 0.25) is 5.95 Å². The smallest absolute Gasteiger partial charge is 0.230 e. The van der Waals surface area contributed by atoms with E-state index in [9.17, 15) is 9.50 Å².